The molecule has 12 nitrogen and oxygen atoms in total. The number of H-pyrrole nitrogens is 1. The number of hydrogen-bond donors (Lipinski definition) is 7. The number of para-hydroxylation sites is 1. The maximum absolute atomic E-state index is 13.4. The first-order chi connectivity index (χ1) is 19.1. The number of carbonyl (C=O) groups excluding carboxylic acids is 3. The molecule has 0 fully saturated rings. The number of carboxylic acid groups (broad SMARTS) is 2. The Morgan fingerprint density at radius 2 is 1.45 bits per heavy atom. The zero-order chi connectivity index (χ0) is 29.7. The number of aromatic amines is 1. The molecule has 4 atom stereocenters. The van der Waals surface area contributed by atoms with Crippen LogP contribution in [0.5, 0.6) is 0 Å². The summed E-state index contributed by atoms with van der Waals surface area (Å²) in [6, 6.07) is 2.93. The highest BCUT2D eigenvalue weighted by molar-refractivity contribution is 7.98. The van der Waals surface area contributed by atoms with Crippen LogP contribution in [0.2, 0.25) is 0 Å². The minimum absolute atomic E-state index is 0.0172. The third-order valence-corrected chi connectivity index (χ3v) is 7.49. The zero-order valence-corrected chi connectivity index (χ0v) is 24.1. The second kappa shape index (κ2) is 16.8. The molecule has 2 aromatic rings. The highest BCUT2D eigenvalue weighted by atomic mass is 32.2. The van der Waals surface area contributed by atoms with Crippen molar-refractivity contribution in [1.29, 1.82) is 0 Å². The number of nitrogens with one attached hydrogen (secondary N) is 4. The number of aromatic nitrogens is 1. The molecule has 8 N–H and O–H groups in total. The second-order valence-electron chi connectivity index (χ2n) is 9.19. The third kappa shape index (κ3) is 10.4. The average molecular weight is 596 g/mol. The molecule has 0 spiro atoms. The molecule has 40 heavy (non-hydrogen) atoms. The Hall–Kier alpha value is -3.23. The van der Waals surface area contributed by atoms with Crippen LogP contribution in [0, 0.1) is 0 Å². The van der Waals surface area contributed by atoms with E-state index in [0.717, 1.165) is 10.9 Å². The van der Waals surface area contributed by atoms with E-state index < -0.39 is 60.2 Å². The van der Waals surface area contributed by atoms with Crippen molar-refractivity contribution in [3.05, 3.63) is 36.0 Å². The number of hydrogen-bond acceptors (Lipinski definition) is 8. The smallest absolute Gasteiger partial charge is 0.326 e. The topological polar surface area (TPSA) is 204 Å². The molecule has 0 aliphatic rings. The van der Waals surface area contributed by atoms with Gasteiger partial charge in [-0.2, -0.15) is 23.5 Å². The van der Waals surface area contributed by atoms with E-state index in [4.69, 9.17) is 10.8 Å². The Labute approximate surface area is 241 Å². The van der Waals surface area contributed by atoms with E-state index in [9.17, 15) is 29.1 Å². The van der Waals surface area contributed by atoms with E-state index in [1.54, 1.807) is 18.0 Å². The van der Waals surface area contributed by atoms with Crippen molar-refractivity contribution in [2.45, 2.75) is 56.3 Å². The lowest BCUT2D eigenvalue weighted by Crippen LogP contribution is -2.57. The predicted molar refractivity (Wildman–Crippen MR) is 156 cm³/mol. The maximum Gasteiger partial charge on any atom is 0.326 e. The zero-order valence-electron chi connectivity index (χ0n) is 22.5. The van der Waals surface area contributed by atoms with E-state index in [2.05, 4.69) is 20.9 Å². The van der Waals surface area contributed by atoms with Crippen LogP contribution in [-0.4, -0.2) is 93.0 Å². The monoisotopic (exact) mass is 595 g/mol. The van der Waals surface area contributed by atoms with Crippen molar-refractivity contribution in [2.75, 3.05) is 24.0 Å². The fourth-order valence-corrected chi connectivity index (χ4v) is 4.92. The third-order valence-electron chi connectivity index (χ3n) is 6.21. The van der Waals surface area contributed by atoms with Gasteiger partial charge in [-0.05, 0) is 54.9 Å². The van der Waals surface area contributed by atoms with Gasteiger partial charge in [-0.3, -0.25) is 19.2 Å². The van der Waals surface area contributed by atoms with Gasteiger partial charge in [0.1, 0.15) is 18.1 Å². The van der Waals surface area contributed by atoms with Crippen LogP contribution < -0.4 is 21.7 Å². The molecule has 3 amide bonds. The minimum atomic E-state index is -1.47. The van der Waals surface area contributed by atoms with E-state index >= 15 is 0 Å². The van der Waals surface area contributed by atoms with Crippen LogP contribution in [0.4, 0.5) is 0 Å². The molecule has 220 valence electrons. The number of rotatable bonds is 18. The lowest BCUT2D eigenvalue weighted by molar-refractivity contribution is -0.143. The molecule has 0 saturated carbocycles. The van der Waals surface area contributed by atoms with Gasteiger partial charge in [0.2, 0.25) is 17.7 Å². The highest BCUT2D eigenvalue weighted by Gasteiger charge is 2.31. The van der Waals surface area contributed by atoms with Crippen LogP contribution in [0.25, 0.3) is 10.9 Å². The van der Waals surface area contributed by atoms with Gasteiger partial charge >= 0.3 is 11.9 Å². The van der Waals surface area contributed by atoms with Gasteiger partial charge in [-0.1, -0.05) is 18.2 Å². The Morgan fingerprint density at radius 1 is 0.850 bits per heavy atom. The molecule has 4 unspecified atom stereocenters. The highest BCUT2D eigenvalue weighted by Crippen LogP contribution is 2.19. The molecule has 0 bridgehead atoms. The number of amides is 3. The SMILES string of the molecule is CSCCC(N)C(=O)NC(CCSC)C(=O)NC(Cc1c[nH]c2ccccc12)C(=O)NC(CCC(=O)O)C(=O)O. The fourth-order valence-electron chi connectivity index (χ4n) is 3.96. The first-order valence-electron chi connectivity index (χ1n) is 12.7. The second-order valence-corrected chi connectivity index (χ2v) is 11.2. The molecule has 14 heteroatoms. The number of carboxylic acids is 2. The number of fused-ring (bicyclic) bond motifs is 1. The summed E-state index contributed by atoms with van der Waals surface area (Å²) in [5.41, 5.74) is 7.50. The number of carbonyl (C=O) groups is 5. The molecule has 0 radical (unpaired) electrons. The molecule has 0 saturated heterocycles. The van der Waals surface area contributed by atoms with Crippen LogP contribution in [0.1, 0.15) is 31.2 Å². The normalized spacial score (nSPS) is 14.1. The lowest BCUT2D eigenvalue weighted by atomic mass is 10.0. The summed E-state index contributed by atoms with van der Waals surface area (Å²) in [5, 5.41) is 27.0. The van der Waals surface area contributed by atoms with Gasteiger partial charge in [-0.25, -0.2) is 4.79 Å². The Bertz CT molecular complexity index is 1180. The number of aliphatic carboxylic acids is 2. The van der Waals surface area contributed by atoms with Crippen LogP contribution >= 0.6 is 23.5 Å². The van der Waals surface area contributed by atoms with Crippen molar-refractivity contribution in [3.8, 4) is 0 Å². The first-order valence-corrected chi connectivity index (χ1v) is 15.5. The molecular formula is C26H37N5O7S2. The summed E-state index contributed by atoms with van der Waals surface area (Å²) < 4.78 is 0. The van der Waals surface area contributed by atoms with Gasteiger partial charge in [0.05, 0.1) is 6.04 Å². The molecular weight excluding hydrogens is 558 g/mol. The number of benzene rings is 1. The molecule has 0 aliphatic heterocycles. The van der Waals surface area contributed by atoms with Crippen molar-refractivity contribution in [1.82, 2.24) is 20.9 Å². The Balaban J connectivity index is 2.29. The summed E-state index contributed by atoms with van der Waals surface area (Å²) in [7, 11) is 0. The van der Waals surface area contributed by atoms with Gasteiger partial charge in [0, 0.05) is 29.9 Å². The summed E-state index contributed by atoms with van der Waals surface area (Å²) >= 11 is 3.03. The molecule has 1 aromatic carbocycles. The quantitative estimate of drug-likeness (QED) is 0.130. The standard InChI is InChI=1S/C26H37N5O7S2/c1-39-11-9-17(27)23(34)29-19(10-12-40-2)24(35)31-21(13-15-14-28-18-6-4-3-5-16(15)18)25(36)30-20(26(37)38)7-8-22(32)33/h3-6,14,17,19-21,28H,7-13,27H2,1-2H3,(H,29,34)(H,30,36)(H,31,35)(H,32,33)(H,37,38). The van der Waals surface area contributed by atoms with E-state index in [1.807, 2.05) is 36.8 Å². The largest absolute Gasteiger partial charge is 0.481 e. The Morgan fingerprint density at radius 3 is 2.10 bits per heavy atom. The number of thioether (sulfide) groups is 2. The lowest BCUT2D eigenvalue weighted by Gasteiger charge is -2.25. The predicted octanol–water partition coefficient (Wildman–Crippen LogP) is 0.948. The molecule has 1 heterocycles. The van der Waals surface area contributed by atoms with Crippen LogP contribution in [0.15, 0.2) is 30.5 Å². The van der Waals surface area contributed by atoms with E-state index in [1.165, 1.54) is 11.8 Å². The van der Waals surface area contributed by atoms with E-state index in [-0.39, 0.29) is 19.3 Å². The van der Waals surface area contributed by atoms with Gasteiger partial charge in [0.15, 0.2) is 0 Å². The fraction of sp³-hybridized carbons (Fsp3) is 0.500. The van der Waals surface area contributed by atoms with Crippen molar-refractivity contribution in [3.63, 3.8) is 0 Å². The summed E-state index contributed by atoms with van der Waals surface area (Å²) in [4.78, 5) is 65.2. The molecule has 0 aliphatic carbocycles. The van der Waals surface area contributed by atoms with Crippen LogP contribution in [-0.2, 0) is 30.4 Å². The summed E-state index contributed by atoms with van der Waals surface area (Å²) in [6.07, 6.45) is 5.40. The van der Waals surface area contributed by atoms with Gasteiger partial charge < -0.3 is 36.9 Å². The van der Waals surface area contributed by atoms with Crippen LogP contribution in [0.3, 0.4) is 0 Å². The first kappa shape index (κ1) is 33.0. The molecule has 1 aromatic heterocycles. The summed E-state index contributed by atoms with van der Waals surface area (Å²) in [5.74, 6) is -3.25. The van der Waals surface area contributed by atoms with Gasteiger partial charge in [0.25, 0.3) is 0 Å². The average Bonchev–Trinajstić information content (AvgIpc) is 3.33. The maximum atomic E-state index is 13.4. The Kier molecular flexibility index (Phi) is 13.8. The molecule has 2 rings (SSSR count). The number of nitrogens with two attached hydrogens (primary N) is 1. The van der Waals surface area contributed by atoms with Crippen molar-refractivity contribution < 1.29 is 34.2 Å². The summed E-state index contributed by atoms with van der Waals surface area (Å²) in [6.45, 7) is 0. The van der Waals surface area contributed by atoms with Crippen molar-refractivity contribution in [2.24, 2.45) is 5.73 Å². The van der Waals surface area contributed by atoms with E-state index in [0.29, 0.717) is 23.5 Å². The van der Waals surface area contributed by atoms with Crippen molar-refractivity contribution >= 4 is 64.1 Å². The van der Waals surface area contributed by atoms with Gasteiger partial charge in [-0.15, -0.1) is 0 Å². The minimum Gasteiger partial charge on any atom is -0.481 e.